The van der Waals surface area contributed by atoms with Gasteiger partial charge < -0.3 is 30.9 Å². The number of nitrogens with one attached hydrogen (secondary N) is 2. The monoisotopic (exact) mass is 785 g/mol. The van der Waals surface area contributed by atoms with Crippen LogP contribution in [0.5, 0.6) is 11.5 Å². The number of carbonyl (C=O) groups excluding carboxylic acids is 3. The number of unbranched alkanes of at least 4 members (excludes halogenated alkanes) is 2. The predicted octanol–water partition coefficient (Wildman–Crippen LogP) is 5.87. The molecule has 2 saturated heterocycles. The van der Waals surface area contributed by atoms with Crippen molar-refractivity contribution in [2.75, 3.05) is 63.4 Å². The average Bonchev–Trinajstić information content (AvgIpc) is 3.80. The maximum absolute atomic E-state index is 13.5. The summed E-state index contributed by atoms with van der Waals surface area (Å²) in [5.74, 6) is 1.95. The minimum absolute atomic E-state index is 0.0412. The minimum atomic E-state index is -0.255. The molecule has 3 aliphatic heterocycles. The highest BCUT2D eigenvalue weighted by Gasteiger charge is 2.29. The first-order valence-corrected chi connectivity index (χ1v) is 20.6. The van der Waals surface area contributed by atoms with Crippen molar-refractivity contribution < 1.29 is 20.5 Å². The number of nitrogens with two attached hydrogens (primary N) is 1. The fourth-order valence-corrected chi connectivity index (χ4v) is 8.29. The molecule has 2 aromatic heterocycles. The fourth-order valence-electron chi connectivity index (χ4n) is 8.29. The first-order valence-electron chi connectivity index (χ1n) is 21.0. The van der Waals surface area contributed by atoms with Gasteiger partial charge >= 0.3 is 0 Å². The van der Waals surface area contributed by atoms with Gasteiger partial charge in [-0.1, -0.05) is 30.7 Å². The van der Waals surface area contributed by atoms with Crippen LogP contribution in [0.25, 0.3) is 22.3 Å². The molecule has 3 amide bonds. The first kappa shape index (κ1) is 37.6. The van der Waals surface area contributed by atoms with Gasteiger partial charge in [0.15, 0.2) is 7.06 Å². The smallest absolute Gasteiger partial charge is 0.251 e. The van der Waals surface area contributed by atoms with Gasteiger partial charge in [-0.15, -0.1) is 0 Å². The highest BCUT2D eigenvalue weighted by atomic mass is 16.5. The van der Waals surface area contributed by atoms with Gasteiger partial charge in [0.1, 0.15) is 29.3 Å². The van der Waals surface area contributed by atoms with Crippen molar-refractivity contribution in [1.82, 2.24) is 39.8 Å². The van der Waals surface area contributed by atoms with Crippen LogP contribution >= 0.6 is 0 Å². The van der Waals surface area contributed by atoms with E-state index in [-0.39, 0.29) is 23.8 Å². The summed E-state index contributed by atoms with van der Waals surface area (Å²) in [4.78, 5) is 53.8. The number of nitrogens with zero attached hydrogens (tertiary/aromatic N) is 7. The average molecular weight is 786 g/mol. The van der Waals surface area contributed by atoms with Crippen LogP contribution in [-0.4, -0.2) is 105 Å². The Labute approximate surface area is 340 Å². The molecule has 14 nitrogen and oxygen atoms in total. The molecule has 3 aromatic carbocycles. The molecule has 0 saturated carbocycles. The van der Waals surface area contributed by atoms with E-state index in [1.165, 1.54) is 6.33 Å². The summed E-state index contributed by atoms with van der Waals surface area (Å²) in [6.45, 7) is 6.24. The summed E-state index contributed by atoms with van der Waals surface area (Å²) >= 11 is 0. The summed E-state index contributed by atoms with van der Waals surface area (Å²) in [6.07, 6.45) is 7.71. The topological polar surface area (TPSA) is 164 Å². The van der Waals surface area contributed by atoms with E-state index in [1.54, 1.807) is 6.07 Å². The number of para-hydroxylation sites is 1. The lowest BCUT2D eigenvalue weighted by atomic mass is 10.0. The van der Waals surface area contributed by atoms with Gasteiger partial charge in [-0.25, -0.2) is 14.6 Å². The third-order valence-corrected chi connectivity index (χ3v) is 11.5. The van der Waals surface area contributed by atoms with Crippen LogP contribution in [0.15, 0.2) is 79.1 Å². The molecule has 0 unspecified atom stereocenters. The van der Waals surface area contributed by atoms with Crippen molar-refractivity contribution >= 4 is 40.3 Å². The number of piperazine rings is 1. The highest BCUT2D eigenvalue weighted by molar-refractivity contribution is 6.00. The number of hydrogen-bond acceptors (Lipinski definition) is 10. The van der Waals surface area contributed by atoms with Crippen LogP contribution in [-0.2, 0) is 16.1 Å². The van der Waals surface area contributed by atoms with Gasteiger partial charge in [0.2, 0.25) is 11.8 Å². The van der Waals surface area contributed by atoms with Crippen molar-refractivity contribution in [3.8, 4) is 22.8 Å². The Morgan fingerprint density at radius 1 is 0.862 bits per heavy atom. The van der Waals surface area contributed by atoms with Gasteiger partial charge in [0, 0.05) is 87.6 Å². The number of piperidine rings is 1. The van der Waals surface area contributed by atoms with Crippen LogP contribution in [0.3, 0.4) is 0 Å². The van der Waals surface area contributed by atoms with Crippen LogP contribution in [0, 0.1) is 0 Å². The summed E-state index contributed by atoms with van der Waals surface area (Å²) in [6, 6.07) is 22.9. The van der Waals surface area contributed by atoms with Gasteiger partial charge in [0.05, 0.1) is 11.4 Å². The number of carbonyl (C=O) groups is 3. The summed E-state index contributed by atoms with van der Waals surface area (Å²) < 4.78 is 15.7. The lowest BCUT2D eigenvalue weighted by Gasteiger charge is -2.35. The number of hydrogen-bond donors (Lipinski definition) is 3. The normalized spacial score (nSPS) is 17.4. The maximum atomic E-state index is 13.5. The van der Waals surface area contributed by atoms with Crippen molar-refractivity contribution in [3.05, 3.63) is 90.3 Å². The lowest BCUT2D eigenvalue weighted by molar-refractivity contribution is -0.133. The third kappa shape index (κ3) is 8.91. The van der Waals surface area contributed by atoms with E-state index in [0.29, 0.717) is 72.9 Å². The second-order valence-corrected chi connectivity index (χ2v) is 15.3. The molecule has 1 atom stereocenters. The van der Waals surface area contributed by atoms with E-state index in [1.807, 2.05) is 81.2 Å². The van der Waals surface area contributed by atoms with Gasteiger partial charge in [-0.3, -0.25) is 19.3 Å². The van der Waals surface area contributed by atoms with Crippen molar-refractivity contribution in [2.45, 2.75) is 64.0 Å². The largest absolute Gasteiger partial charge is 0.457 e. The molecule has 5 aromatic rings. The number of amides is 3. The van der Waals surface area contributed by atoms with Crippen LogP contribution in [0.2, 0.25) is 1.41 Å². The summed E-state index contributed by atoms with van der Waals surface area (Å²) in [5.41, 5.74) is 11.1. The number of nitrogen functional groups attached to an aromatic ring is 1. The zero-order valence-electron chi connectivity index (χ0n) is 33.9. The molecule has 4 N–H and O–H groups in total. The Bertz CT molecular complexity index is 2260. The summed E-state index contributed by atoms with van der Waals surface area (Å²) in [7, 11) is 0. The Hall–Kier alpha value is -6.02. The van der Waals surface area contributed by atoms with E-state index < -0.39 is 0 Å². The van der Waals surface area contributed by atoms with E-state index in [0.717, 1.165) is 99.1 Å². The Balaban J connectivity index is 0.760. The molecular formula is C44H52N10O4. The van der Waals surface area contributed by atoms with E-state index in [2.05, 4.69) is 20.2 Å². The lowest BCUT2D eigenvalue weighted by Crippen LogP contribution is -2.49. The molecule has 8 rings (SSSR count). The predicted molar refractivity (Wildman–Crippen MR) is 223 cm³/mol. The van der Waals surface area contributed by atoms with Crippen molar-refractivity contribution in [2.24, 2.45) is 0 Å². The number of benzene rings is 3. The number of fused-ring (bicyclic) bond motifs is 2. The van der Waals surface area contributed by atoms with E-state index >= 15 is 0 Å². The Kier molecular flexibility index (Phi) is 11.7. The molecule has 0 spiro atoms. The highest BCUT2D eigenvalue weighted by Crippen LogP contribution is 2.35. The van der Waals surface area contributed by atoms with Crippen molar-refractivity contribution in [3.63, 3.8) is 0 Å². The maximum Gasteiger partial charge on any atom is 0.251 e. The number of anilines is 2. The SMILES string of the molecule is [2H]N1Cc2c(NCCCCCC(=O)N3CCN(CCCC(=O)N4CCC[C@@H](n5nc(-c6ccc(Oc7ccccc7)cc6)c6c(N)ncnc65)C4)CC3)cccc2C1=O. The second kappa shape index (κ2) is 18.1. The second-order valence-electron chi connectivity index (χ2n) is 15.3. The molecule has 0 aliphatic carbocycles. The molecule has 2 fully saturated rings. The Morgan fingerprint density at radius 2 is 1.64 bits per heavy atom. The van der Waals surface area contributed by atoms with Gasteiger partial charge in [0.25, 0.3) is 5.91 Å². The van der Waals surface area contributed by atoms with E-state index in [4.69, 9.17) is 17.0 Å². The zero-order valence-corrected chi connectivity index (χ0v) is 32.9. The third-order valence-electron chi connectivity index (χ3n) is 11.5. The molecule has 3 aliphatic rings. The number of ether oxygens (including phenoxy) is 1. The summed E-state index contributed by atoms with van der Waals surface area (Å²) in [5, 5.41) is 10.2. The Morgan fingerprint density at radius 3 is 2.47 bits per heavy atom. The number of aromatic nitrogens is 4. The molecule has 302 valence electrons. The molecule has 14 heteroatoms. The van der Waals surface area contributed by atoms with E-state index in [9.17, 15) is 14.4 Å². The molecular weight excluding hydrogens is 733 g/mol. The number of rotatable bonds is 15. The van der Waals surface area contributed by atoms with Crippen molar-refractivity contribution in [1.29, 1.82) is 0 Å². The first-order chi connectivity index (χ1) is 28.8. The molecule has 5 heterocycles. The number of likely N-dealkylation sites (tertiary alicyclic amines) is 1. The fraction of sp³-hybridized carbons (Fsp3) is 0.409. The van der Waals surface area contributed by atoms with Gasteiger partial charge in [-0.2, -0.15) is 5.10 Å². The van der Waals surface area contributed by atoms with Crippen LogP contribution < -0.4 is 21.1 Å². The quantitative estimate of drug-likeness (QED) is 0.109. The molecule has 0 bridgehead atoms. The van der Waals surface area contributed by atoms with Crippen LogP contribution in [0.1, 0.15) is 73.3 Å². The van der Waals surface area contributed by atoms with Crippen LogP contribution in [0.4, 0.5) is 11.5 Å². The van der Waals surface area contributed by atoms with Gasteiger partial charge in [-0.05, 0) is 87.2 Å². The molecule has 58 heavy (non-hydrogen) atoms. The minimum Gasteiger partial charge on any atom is -0.457 e. The zero-order chi connectivity index (χ0) is 40.7. The standard InChI is InChI=1S/C44H52N10O4/c45-42-40-41(31-17-19-34(20-18-31)58-33-11-3-1-4-12-33)50-54(43(40)49-30-48-42)32-10-8-23-53(29-32)39(56)16-9-22-51-24-26-52(27-25-51)38(55)15-5-2-6-21-46-37-14-7-13-35-36(37)28-47-44(35)57/h1,3-4,7,11-14,17-20,30,32,46H,2,5-6,8-10,15-16,21-29H2,(H,47,57)(H2,45,48,49)/t32-/m1/s1/i/hD. The molecule has 0 radical (unpaired) electrons.